The van der Waals surface area contributed by atoms with E-state index in [-0.39, 0.29) is 0 Å². The molecular formula is C14H28O. The highest BCUT2D eigenvalue weighted by atomic mass is 16.5. The first-order chi connectivity index (χ1) is 7.41. The van der Waals surface area contributed by atoms with Gasteiger partial charge in [-0.1, -0.05) is 57.9 Å². The second-order valence-electron chi connectivity index (χ2n) is 4.16. The predicted octanol–water partition coefficient (Wildman–Crippen LogP) is 4.72. The molecule has 0 fully saturated rings. The van der Waals surface area contributed by atoms with Crippen molar-refractivity contribution < 1.29 is 4.74 Å². The second kappa shape index (κ2) is 13.7. The fraction of sp³-hybridized carbons (Fsp3) is 0.857. The first-order valence-corrected chi connectivity index (χ1v) is 6.60. The van der Waals surface area contributed by atoms with E-state index < -0.39 is 0 Å². The van der Waals surface area contributed by atoms with Crippen molar-refractivity contribution in [1.29, 1.82) is 0 Å². The van der Waals surface area contributed by atoms with Crippen molar-refractivity contribution in [3.63, 3.8) is 0 Å². The summed E-state index contributed by atoms with van der Waals surface area (Å²) in [4.78, 5) is 0. The monoisotopic (exact) mass is 212 g/mol. The van der Waals surface area contributed by atoms with Crippen LogP contribution < -0.4 is 0 Å². The molecule has 0 aliphatic carbocycles. The molecule has 15 heavy (non-hydrogen) atoms. The third kappa shape index (κ3) is 13.7. The van der Waals surface area contributed by atoms with Crippen molar-refractivity contribution >= 4 is 0 Å². The summed E-state index contributed by atoms with van der Waals surface area (Å²) in [7, 11) is 0. The summed E-state index contributed by atoms with van der Waals surface area (Å²) in [5.74, 6) is 0. The van der Waals surface area contributed by atoms with Crippen LogP contribution in [0.25, 0.3) is 0 Å². The number of hydrogen-bond acceptors (Lipinski definition) is 1. The van der Waals surface area contributed by atoms with Gasteiger partial charge in [-0.25, -0.2) is 0 Å². The maximum atomic E-state index is 5.45. The Labute approximate surface area is 95.9 Å². The summed E-state index contributed by atoms with van der Waals surface area (Å²) >= 11 is 0. The van der Waals surface area contributed by atoms with Crippen molar-refractivity contribution in [2.45, 2.75) is 64.7 Å². The quantitative estimate of drug-likeness (QED) is 0.336. The van der Waals surface area contributed by atoms with Crippen LogP contribution in [0.1, 0.15) is 64.7 Å². The van der Waals surface area contributed by atoms with Crippen LogP contribution in [-0.2, 0) is 4.74 Å². The summed E-state index contributed by atoms with van der Waals surface area (Å²) in [5, 5.41) is 0. The molecule has 0 heterocycles. The molecule has 1 heteroatoms. The third-order valence-corrected chi connectivity index (χ3v) is 2.61. The van der Waals surface area contributed by atoms with Crippen molar-refractivity contribution in [2.24, 2.45) is 0 Å². The molecule has 90 valence electrons. The van der Waals surface area contributed by atoms with Gasteiger partial charge in [-0.05, 0) is 12.8 Å². The molecule has 0 N–H and O–H groups in total. The first-order valence-electron chi connectivity index (χ1n) is 6.60. The molecule has 0 saturated heterocycles. The number of rotatable bonds is 12. The van der Waals surface area contributed by atoms with Gasteiger partial charge < -0.3 is 4.74 Å². The number of unbranched alkanes of at least 4 members (excludes halogenated alkanes) is 7. The molecule has 1 nitrogen and oxygen atoms in total. The number of ether oxygens (including phenoxy) is 1. The summed E-state index contributed by atoms with van der Waals surface area (Å²) in [5.41, 5.74) is 0. The fourth-order valence-corrected chi connectivity index (χ4v) is 1.61. The van der Waals surface area contributed by atoms with Gasteiger partial charge >= 0.3 is 0 Å². The predicted molar refractivity (Wildman–Crippen MR) is 68.2 cm³/mol. The minimum Gasteiger partial charge on any atom is -0.381 e. The van der Waals surface area contributed by atoms with Crippen LogP contribution in [0.15, 0.2) is 12.7 Å². The van der Waals surface area contributed by atoms with Gasteiger partial charge in [-0.15, -0.1) is 6.58 Å². The lowest BCUT2D eigenvalue weighted by atomic mass is 10.1. The van der Waals surface area contributed by atoms with Gasteiger partial charge in [0.1, 0.15) is 0 Å². The van der Waals surface area contributed by atoms with Gasteiger partial charge in [0.25, 0.3) is 0 Å². The van der Waals surface area contributed by atoms with Gasteiger partial charge in [0.15, 0.2) is 0 Å². The lowest BCUT2D eigenvalue weighted by Gasteiger charge is -2.02. The lowest BCUT2D eigenvalue weighted by molar-refractivity contribution is 0.134. The molecule has 0 aliphatic heterocycles. The summed E-state index contributed by atoms with van der Waals surface area (Å²) in [6, 6.07) is 0. The van der Waals surface area contributed by atoms with Gasteiger partial charge in [0, 0.05) is 13.2 Å². The van der Waals surface area contributed by atoms with E-state index in [1.54, 1.807) is 0 Å². The van der Waals surface area contributed by atoms with Crippen molar-refractivity contribution in [3.05, 3.63) is 12.7 Å². The van der Waals surface area contributed by atoms with E-state index in [4.69, 9.17) is 4.74 Å². The van der Waals surface area contributed by atoms with Gasteiger partial charge in [0.2, 0.25) is 0 Å². The van der Waals surface area contributed by atoms with Crippen LogP contribution in [0.5, 0.6) is 0 Å². The van der Waals surface area contributed by atoms with Gasteiger partial charge in [-0.3, -0.25) is 0 Å². The summed E-state index contributed by atoms with van der Waals surface area (Å²) in [6.07, 6.45) is 13.8. The Morgan fingerprint density at radius 2 is 1.47 bits per heavy atom. The van der Waals surface area contributed by atoms with E-state index in [1.165, 1.54) is 51.4 Å². The van der Waals surface area contributed by atoms with Crippen molar-refractivity contribution in [2.75, 3.05) is 13.2 Å². The molecular weight excluding hydrogens is 184 g/mol. The van der Waals surface area contributed by atoms with Crippen molar-refractivity contribution in [1.82, 2.24) is 0 Å². The molecule has 0 aliphatic rings. The zero-order valence-corrected chi connectivity index (χ0v) is 10.5. The van der Waals surface area contributed by atoms with Crippen LogP contribution in [0.4, 0.5) is 0 Å². The zero-order valence-electron chi connectivity index (χ0n) is 10.5. The molecule has 0 rings (SSSR count). The highest BCUT2D eigenvalue weighted by Gasteiger charge is 1.91. The first kappa shape index (κ1) is 14.7. The molecule has 0 amide bonds. The average Bonchev–Trinajstić information content (AvgIpc) is 2.26. The molecule has 0 aromatic carbocycles. The van der Waals surface area contributed by atoms with E-state index in [2.05, 4.69) is 13.5 Å². The fourth-order valence-electron chi connectivity index (χ4n) is 1.61. The van der Waals surface area contributed by atoms with E-state index >= 15 is 0 Å². The molecule has 0 unspecified atom stereocenters. The lowest BCUT2D eigenvalue weighted by Crippen LogP contribution is -1.95. The smallest absolute Gasteiger partial charge is 0.0500 e. The molecule has 0 saturated carbocycles. The van der Waals surface area contributed by atoms with Gasteiger partial charge in [-0.2, -0.15) is 0 Å². The normalized spacial score (nSPS) is 10.5. The Balaban J connectivity index is 2.83. The standard InChI is InChI=1S/C14H28O/c1-3-5-7-8-9-10-11-12-14-15-13-6-4-2/h4H,2-3,5-14H2,1H3. The van der Waals surface area contributed by atoms with Crippen LogP contribution in [0, 0.1) is 0 Å². The Morgan fingerprint density at radius 3 is 2.07 bits per heavy atom. The van der Waals surface area contributed by atoms with Gasteiger partial charge in [0.05, 0.1) is 0 Å². The van der Waals surface area contributed by atoms with Crippen LogP contribution in [0.3, 0.4) is 0 Å². The summed E-state index contributed by atoms with van der Waals surface area (Å²) in [6.45, 7) is 7.71. The van der Waals surface area contributed by atoms with Crippen LogP contribution >= 0.6 is 0 Å². The van der Waals surface area contributed by atoms with Crippen molar-refractivity contribution in [3.8, 4) is 0 Å². The van der Waals surface area contributed by atoms with Crippen LogP contribution in [0.2, 0.25) is 0 Å². The van der Waals surface area contributed by atoms with E-state index in [1.807, 2.05) is 6.08 Å². The van der Waals surface area contributed by atoms with Crippen LogP contribution in [-0.4, -0.2) is 13.2 Å². The Hall–Kier alpha value is -0.300. The Kier molecular flexibility index (Phi) is 13.4. The summed E-state index contributed by atoms with van der Waals surface area (Å²) < 4.78 is 5.45. The largest absolute Gasteiger partial charge is 0.381 e. The molecule has 0 radical (unpaired) electrons. The molecule has 0 bridgehead atoms. The highest BCUT2D eigenvalue weighted by molar-refractivity contribution is 4.64. The second-order valence-corrected chi connectivity index (χ2v) is 4.16. The maximum absolute atomic E-state index is 5.45. The number of hydrogen-bond donors (Lipinski definition) is 0. The zero-order chi connectivity index (χ0) is 11.2. The van der Waals surface area contributed by atoms with E-state index in [9.17, 15) is 0 Å². The maximum Gasteiger partial charge on any atom is 0.0500 e. The Bertz CT molecular complexity index is 121. The Morgan fingerprint density at radius 1 is 0.867 bits per heavy atom. The molecule has 0 aromatic rings. The SMILES string of the molecule is C=CCCOCCCCCCCCCC. The minimum absolute atomic E-state index is 0.847. The third-order valence-electron chi connectivity index (χ3n) is 2.61. The topological polar surface area (TPSA) is 9.23 Å². The average molecular weight is 212 g/mol. The molecule has 0 spiro atoms. The molecule has 0 atom stereocenters. The molecule has 0 aromatic heterocycles. The minimum atomic E-state index is 0.847. The van der Waals surface area contributed by atoms with E-state index in [0.717, 1.165) is 19.6 Å². The highest BCUT2D eigenvalue weighted by Crippen LogP contribution is 2.08. The van der Waals surface area contributed by atoms with E-state index in [0.29, 0.717) is 0 Å².